The number of hydrogen-bond donors (Lipinski definition) is 2. The van der Waals surface area contributed by atoms with Crippen LogP contribution in [-0.4, -0.2) is 9.97 Å². The van der Waals surface area contributed by atoms with E-state index in [4.69, 9.17) is 10.6 Å². The first-order valence-corrected chi connectivity index (χ1v) is 5.46. The zero-order valence-electron chi connectivity index (χ0n) is 10.4. The van der Waals surface area contributed by atoms with Gasteiger partial charge >= 0.3 is 0 Å². The van der Waals surface area contributed by atoms with Gasteiger partial charge in [-0.15, -0.1) is 0 Å². The standard InChI is InChI=1S/C12H12F2N4O/c1-6-11(18-15)16-7(2)17-12(6)19-10-5-8(13)3-4-9(10)14/h3-5H,15H2,1-2H3,(H,16,17,18). The van der Waals surface area contributed by atoms with Crippen LogP contribution in [0.3, 0.4) is 0 Å². The number of aromatic nitrogens is 2. The van der Waals surface area contributed by atoms with Crippen LogP contribution in [0.4, 0.5) is 14.6 Å². The summed E-state index contributed by atoms with van der Waals surface area (Å²) in [4.78, 5) is 8.07. The maximum absolute atomic E-state index is 13.5. The summed E-state index contributed by atoms with van der Waals surface area (Å²) in [6.45, 7) is 3.29. The van der Waals surface area contributed by atoms with E-state index in [0.29, 0.717) is 17.2 Å². The molecule has 2 aromatic rings. The lowest BCUT2D eigenvalue weighted by Gasteiger charge is -2.11. The SMILES string of the molecule is Cc1nc(NN)c(C)c(Oc2cc(F)ccc2F)n1. The van der Waals surface area contributed by atoms with Gasteiger partial charge < -0.3 is 10.2 Å². The molecule has 0 amide bonds. The molecular formula is C12H12F2N4O. The molecule has 1 aromatic heterocycles. The minimum atomic E-state index is -0.681. The summed E-state index contributed by atoms with van der Waals surface area (Å²) >= 11 is 0. The zero-order chi connectivity index (χ0) is 14.0. The van der Waals surface area contributed by atoms with Crippen molar-refractivity contribution in [2.75, 3.05) is 5.43 Å². The first-order chi connectivity index (χ1) is 9.01. The fraction of sp³-hybridized carbons (Fsp3) is 0.167. The maximum Gasteiger partial charge on any atom is 0.227 e. The van der Waals surface area contributed by atoms with E-state index in [1.165, 1.54) is 0 Å². The third kappa shape index (κ3) is 2.76. The predicted molar refractivity (Wildman–Crippen MR) is 65.7 cm³/mol. The van der Waals surface area contributed by atoms with E-state index >= 15 is 0 Å². The number of nitrogens with one attached hydrogen (secondary N) is 1. The van der Waals surface area contributed by atoms with Gasteiger partial charge in [0.15, 0.2) is 11.6 Å². The fourth-order valence-corrected chi connectivity index (χ4v) is 1.50. The molecule has 0 spiro atoms. The Labute approximate surface area is 108 Å². The van der Waals surface area contributed by atoms with Crippen LogP contribution < -0.4 is 16.0 Å². The number of nitrogen functional groups attached to an aromatic ring is 1. The summed E-state index contributed by atoms with van der Waals surface area (Å²) in [6, 6.07) is 2.94. The number of anilines is 1. The number of hydrogen-bond acceptors (Lipinski definition) is 5. The highest BCUT2D eigenvalue weighted by Gasteiger charge is 2.13. The molecule has 0 aliphatic carbocycles. The van der Waals surface area contributed by atoms with Crippen molar-refractivity contribution in [2.24, 2.45) is 5.84 Å². The Morgan fingerprint density at radius 1 is 1.21 bits per heavy atom. The van der Waals surface area contributed by atoms with Crippen LogP contribution >= 0.6 is 0 Å². The number of ether oxygens (including phenoxy) is 1. The van der Waals surface area contributed by atoms with Gasteiger partial charge in [0.1, 0.15) is 17.5 Å². The molecule has 19 heavy (non-hydrogen) atoms. The number of hydrazine groups is 1. The fourth-order valence-electron chi connectivity index (χ4n) is 1.50. The maximum atomic E-state index is 13.5. The van der Waals surface area contributed by atoms with E-state index in [2.05, 4.69) is 15.4 Å². The number of aryl methyl sites for hydroxylation is 1. The van der Waals surface area contributed by atoms with Crippen LogP contribution in [0.1, 0.15) is 11.4 Å². The van der Waals surface area contributed by atoms with Crippen molar-refractivity contribution in [3.63, 3.8) is 0 Å². The molecule has 0 aliphatic heterocycles. The summed E-state index contributed by atoms with van der Waals surface area (Å²) in [6.07, 6.45) is 0. The summed E-state index contributed by atoms with van der Waals surface area (Å²) in [5, 5.41) is 0. The van der Waals surface area contributed by atoms with E-state index in [1.54, 1.807) is 13.8 Å². The quantitative estimate of drug-likeness (QED) is 0.659. The second-order valence-electron chi connectivity index (χ2n) is 3.87. The predicted octanol–water partition coefficient (Wildman–Crippen LogP) is 2.45. The Balaban J connectivity index is 2.43. The molecule has 5 nitrogen and oxygen atoms in total. The van der Waals surface area contributed by atoms with Gasteiger partial charge in [-0.1, -0.05) is 0 Å². The highest BCUT2D eigenvalue weighted by atomic mass is 19.1. The number of nitrogens with zero attached hydrogens (tertiary/aromatic N) is 2. The van der Waals surface area contributed by atoms with Crippen molar-refractivity contribution >= 4 is 5.82 Å². The molecule has 0 atom stereocenters. The summed E-state index contributed by atoms with van der Waals surface area (Å²) in [5.41, 5.74) is 2.89. The van der Waals surface area contributed by atoms with Crippen LogP contribution in [0.15, 0.2) is 18.2 Å². The summed E-state index contributed by atoms with van der Waals surface area (Å²) in [5.74, 6) is 4.65. The Kier molecular flexibility index (Phi) is 3.57. The van der Waals surface area contributed by atoms with Crippen LogP contribution in [0.25, 0.3) is 0 Å². The smallest absolute Gasteiger partial charge is 0.227 e. The summed E-state index contributed by atoms with van der Waals surface area (Å²) < 4.78 is 31.8. The molecule has 0 saturated heterocycles. The third-order valence-electron chi connectivity index (χ3n) is 2.45. The second-order valence-corrected chi connectivity index (χ2v) is 3.87. The van der Waals surface area contributed by atoms with Gasteiger partial charge in [-0.3, -0.25) is 0 Å². The van der Waals surface area contributed by atoms with Gasteiger partial charge in [0.25, 0.3) is 0 Å². The lowest BCUT2D eigenvalue weighted by molar-refractivity contribution is 0.418. The van der Waals surface area contributed by atoms with Crippen LogP contribution in [0, 0.1) is 25.5 Å². The van der Waals surface area contributed by atoms with E-state index in [-0.39, 0.29) is 11.6 Å². The molecule has 0 aliphatic rings. The highest BCUT2D eigenvalue weighted by molar-refractivity contribution is 5.48. The van der Waals surface area contributed by atoms with Gasteiger partial charge in [-0.2, -0.15) is 4.98 Å². The van der Waals surface area contributed by atoms with Crippen LogP contribution in [0.2, 0.25) is 0 Å². The van der Waals surface area contributed by atoms with Gasteiger partial charge in [0.2, 0.25) is 5.88 Å². The summed E-state index contributed by atoms with van der Waals surface area (Å²) in [7, 11) is 0. The van der Waals surface area contributed by atoms with Gasteiger partial charge in [-0.05, 0) is 26.0 Å². The minimum Gasteiger partial charge on any atom is -0.435 e. The second kappa shape index (κ2) is 5.15. The van der Waals surface area contributed by atoms with Crippen molar-refractivity contribution in [1.82, 2.24) is 9.97 Å². The van der Waals surface area contributed by atoms with E-state index in [0.717, 1.165) is 18.2 Å². The zero-order valence-corrected chi connectivity index (χ0v) is 10.4. The highest BCUT2D eigenvalue weighted by Crippen LogP contribution is 2.28. The molecule has 1 aromatic carbocycles. The monoisotopic (exact) mass is 266 g/mol. The van der Waals surface area contributed by atoms with Crippen molar-refractivity contribution in [3.8, 4) is 11.6 Å². The molecule has 2 rings (SSSR count). The molecule has 0 saturated carbocycles. The Morgan fingerprint density at radius 2 is 1.95 bits per heavy atom. The van der Waals surface area contributed by atoms with Crippen molar-refractivity contribution in [3.05, 3.63) is 41.2 Å². The van der Waals surface area contributed by atoms with Crippen LogP contribution in [-0.2, 0) is 0 Å². The lowest BCUT2D eigenvalue weighted by Crippen LogP contribution is -2.12. The molecular weight excluding hydrogens is 254 g/mol. The van der Waals surface area contributed by atoms with Crippen molar-refractivity contribution in [1.29, 1.82) is 0 Å². The topological polar surface area (TPSA) is 73.1 Å². The Bertz CT molecular complexity index is 619. The molecule has 0 unspecified atom stereocenters. The molecule has 7 heteroatoms. The third-order valence-corrected chi connectivity index (χ3v) is 2.45. The molecule has 0 radical (unpaired) electrons. The molecule has 1 heterocycles. The first-order valence-electron chi connectivity index (χ1n) is 5.46. The number of benzene rings is 1. The normalized spacial score (nSPS) is 10.4. The first kappa shape index (κ1) is 13.2. The molecule has 3 N–H and O–H groups in total. The number of nitrogens with two attached hydrogens (primary N) is 1. The lowest BCUT2D eigenvalue weighted by atomic mass is 10.3. The largest absolute Gasteiger partial charge is 0.435 e. The average Bonchev–Trinajstić information content (AvgIpc) is 2.37. The van der Waals surface area contributed by atoms with E-state index in [9.17, 15) is 8.78 Å². The number of rotatable bonds is 3. The van der Waals surface area contributed by atoms with Gasteiger partial charge in [-0.25, -0.2) is 19.6 Å². The Morgan fingerprint density at radius 3 is 2.63 bits per heavy atom. The molecule has 0 fully saturated rings. The number of halogens is 2. The average molecular weight is 266 g/mol. The van der Waals surface area contributed by atoms with Crippen molar-refractivity contribution in [2.45, 2.75) is 13.8 Å². The van der Waals surface area contributed by atoms with Gasteiger partial charge in [0, 0.05) is 6.07 Å². The van der Waals surface area contributed by atoms with Crippen molar-refractivity contribution < 1.29 is 13.5 Å². The van der Waals surface area contributed by atoms with E-state index < -0.39 is 11.6 Å². The van der Waals surface area contributed by atoms with Gasteiger partial charge in [0.05, 0.1) is 5.56 Å². The van der Waals surface area contributed by atoms with Crippen LogP contribution in [0.5, 0.6) is 11.6 Å². The Hall–Kier alpha value is -2.28. The molecule has 0 bridgehead atoms. The minimum absolute atomic E-state index is 0.116. The molecule has 100 valence electrons. The van der Waals surface area contributed by atoms with E-state index in [1.807, 2.05) is 0 Å².